The molecule has 134 valence electrons. The first-order chi connectivity index (χ1) is 12.1. The highest BCUT2D eigenvalue weighted by Crippen LogP contribution is 2.24. The second-order valence-electron chi connectivity index (χ2n) is 6.23. The van der Waals surface area contributed by atoms with Gasteiger partial charge in [0.2, 0.25) is 11.1 Å². The van der Waals surface area contributed by atoms with Crippen LogP contribution in [0.5, 0.6) is 0 Å². The Hall–Kier alpha value is -1.93. The molecule has 1 atom stereocenters. The van der Waals surface area contributed by atoms with Crippen molar-refractivity contribution in [2.75, 3.05) is 32.7 Å². The van der Waals surface area contributed by atoms with Crippen molar-refractivity contribution in [1.82, 2.24) is 30.0 Å². The number of aryl methyl sites for hydroxylation is 1. The minimum atomic E-state index is -0.219. The molecule has 25 heavy (non-hydrogen) atoms. The van der Waals surface area contributed by atoms with Gasteiger partial charge in [-0.1, -0.05) is 36.4 Å². The van der Waals surface area contributed by atoms with Crippen molar-refractivity contribution in [3.05, 3.63) is 29.8 Å². The van der Waals surface area contributed by atoms with Gasteiger partial charge in [-0.2, -0.15) is 4.68 Å². The lowest BCUT2D eigenvalue weighted by molar-refractivity contribution is -0.132. The maximum Gasteiger partial charge on any atom is 0.235 e. The van der Waals surface area contributed by atoms with Crippen molar-refractivity contribution in [1.29, 1.82) is 0 Å². The van der Waals surface area contributed by atoms with Crippen LogP contribution in [0.15, 0.2) is 29.4 Å². The SMILES string of the molecule is CCN1CCN(C(=O)[C@@H](C)Sc2nnnn2-c2ccc(C)cc2)CC1. The number of carbonyl (C=O) groups is 1. The molecule has 1 aromatic heterocycles. The maximum absolute atomic E-state index is 12.7. The molecular weight excluding hydrogens is 336 g/mol. The lowest BCUT2D eigenvalue weighted by Gasteiger charge is -2.35. The smallest absolute Gasteiger partial charge is 0.235 e. The minimum absolute atomic E-state index is 0.152. The Labute approximate surface area is 152 Å². The molecule has 0 bridgehead atoms. The topological polar surface area (TPSA) is 67.2 Å². The van der Waals surface area contributed by atoms with Gasteiger partial charge in [0, 0.05) is 26.2 Å². The minimum Gasteiger partial charge on any atom is -0.339 e. The fourth-order valence-electron chi connectivity index (χ4n) is 2.85. The summed E-state index contributed by atoms with van der Waals surface area (Å²) < 4.78 is 1.68. The summed E-state index contributed by atoms with van der Waals surface area (Å²) in [6.45, 7) is 10.6. The number of aromatic nitrogens is 4. The van der Waals surface area contributed by atoms with Gasteiger partial charge in [-0.15, -0.1) is 5.10 Å². The highest BCUT2D eigenvalue weighted by molar-refractivity contribution is 8.00. The Kier molecular flexibility index (Phi) is 5.70. The fraction of sp³-hybridized carbons (Fsp3) is 0.529. The van der Waals surface area contributed by atoms with Crippen LogP contribution in [0.2, 0.25) is 0 Å². The molecule has 1 fully saturated rings. The highest BCUT2D eigenvalue weighted by Gasteiger charge is 2.26. The zero-order valence-corrected chi connectivity index (χ0v) is 15.7. The van der Waals surface area contributed by atoms with Crippen molar-refractivity contribution in [3.63, 3.8) is 0 Å². The van der Waals surface area contributed by atoms with Crippen LogP contribution in [0, 0.1) is 6.92 Å². The Morgan fingerprint density at radius 2 is 1.88 bits per heavy atom. The van der Waals surface area contributed by atoms with Crippen LogP contribution in [0.3, 0.4) is 0 Å². The van der Waals surface area contributed by atoms with E-state index in [0.717, 1.165) is 38.4 Å². The Balaban J connectivity index is 1.65. The van der Waals surface area contributed by atoms with Crippen LogP contribution < -0.4 is 0 Å². The molecule has 0 aliphatic carbocycles. The van der Waals surface area contributed by atoms with E-state index >= 15 is 0 Å². The van der Waals surface area contributed by atoms with E-state index in [2.05, 4.69) is 27.3 Å². The number of rotatable bonds is 5. The number of hydrogen-bond donors (Lipinski definition) is 0. The third kappa shape index (κ3) is 4.19. The van der Waals surface area contributed by atoms with Gasteiger partial charge in [-0.3, -0.25) is 4.79 Å². The van der Waals surface area contributed by atoms with Crippen LogP contribution in [0.4, 0.5) is 0 Å². The summed E-state index contributed by atoms with van der Waals surface area (Å²) in [5, 5.41) is 12.4. The number of hydrogen-bond acceptors (Lipinski definition) is 6. The van der Waals surface area contributed by atoms with Crippen molar-refractivity contribution in [2.45, 2.75) is 31.2 Å². The number of nitrogens with zero attached hydrogens (tertiary/aromatic N) is 6. The molecular formula is C17H24N6OS. The van der Waals surface area contributed by atoms with Gasteiger partial charge in [0.05, 0.1) is 10.9 Å². The highest BCUT2D eigenvalue weighted by atomic mass is 32.2. The molecule has 0 saturated carbocycles. The zero-order valence-electron chi connectivity index (χ0n) is 14.9. The predicted molar refractivity (Wildman–Crippen MR) is 97.9 cm³/mol. The zero-order chi connectivity index (χ0) is 17.8. The molecule has 0 spiro atoms. The van der Waals surface area contributed by atoms with E-state index in [0.29, 0.717) is 5.16 Å². The first kappa shape index (κ1) is 17.9. The first-order valence-electron chi connectivity index (χ1n) is 8.61. The molecule has 3 rings (SSSR count). The van der Waals surface area contributed by atoms with Crippen molar-refractivity contribution >= 4 is 17.7 Å². The van der Waals surface area contributed by atoms with E-state index in [1.54, 1.807) is 4.68 Å². The lowest BCUT2D eigenvalue weighted by Crippen LogP contribution is -2.50. The maximum atomic E-state index is 12.7. The summed E-state index contributed by atoms with van der Waals surface area (Å²) in [6, 6.07) is 8.00. The van der Waals surface area contributed by atoms with Gasteiger partial charge in [-0.05, 0) is 43.0 Å². The van der Waals surface area contributed by atoms with Gasteiger partial charge in [-0.25, -0.2) is 0 Å². The van der Waals surface area contributed by atoms with E-state index in [1.807, 2.05) is 43.0 Å². The number of amides is 1. The number of thioether (sulfide) groups is 1. The van der Waals surface area contributed by atoms with Crippen molar-refractivity contribution < 1.29 is 4.79 Å². The molecule has 1 aliphatic heterocycles. The van der Waals surface area contributed by atoms with Gasteiger partial charge >= 0.3 is 0 Å². The second kappa shape index (κ2) is 7.97. The van der Waals surface area contributed by atoms with Crippen molar-refractivity contribution in [3.8, 4) is 5.69 Å². The van der Waals surface area contributed by atoms with E-state index in [9.17, 15) is 4.79 Å². The molecule has 1 amide bonds. The van der Waals surface area contributed by atoms with Gasteiger partial charge in [0.25, 0.3) is 0 Å². The third-order valence-electron chi connectivity index (χ3n) is 4.48. The lowest BCUT2D eigenvalue weighted by atomic mass is 10.2. The first-order valence-corrected chi connectivity index (χ1v) is 9.49. The molecule has 1 aliphatic rings. The Morgan fingerprint density at radius 1 is 1.20 bits per heavy atom. The summed E-state index contributed by atoms with van der Waals surface area (Å²) in [5.74, 6) is 0.152. The fourth-order valence-corrected chi connectivity index (χ4v) is 3.74. The molecule has 7 nitrogen and oxygen atoms in total. The molecule has 0 unspecified atom stereocenters. The largest absolute Gasteiger partial charge is 0.339 e. The number of likely N-dealkylation sites (N-methyl/N-ethyl adjacent to an activating group) is 1. The van der Waals surface area contributed by atoms with Gasteiger partial charge < -0.3 is 9.80 Å². The molecule has 2 aromatic rings. The van der Waals surface area contributed by atoms with Crippen LogP contribution >= 0.6 is 11.8 Å². The van der Waals surface area contributed by atoms with Crippen LogP contribution in [0.1, 0.15) is 19.4 Å². The number of benzene rings is 1. The Bertz CT molecular complexity index is 708. The summed E-state index contributed by atoms with van der Waals surface area (Å²) in [4.78, 5) is 17.0. The standard InChI is InChI=1S/C17H24N6OS/c1-4-21-9-11-22(12-10-21)16(24)14(3)25-17-18-19-20-23(17)15-7-5-13(2)6-8-15/h5-8,14H,4,9-12H2,1-3H3/t14-/m1/s1. The summed E-state index contributed by atoms with van der Waals surface area (Å²) in [6.07, 6.45) is 0. The number of carbonyl (C=O) groups excluding carboxylic acids is 1. The summed E-state index contributed by atoms with van der Waals surface area (Å²) in [5.41, 5.74) is 2.08. The van der Waals surface area contributed by atoms with Gasteiger partial charge in [0.15, 0.2) is 0 Å². The van der Waals surface area contributed by atoms with E-state index in [4.69, 9.17) is 0 Å². The monoisotopic (exact) mass is 360 g/mol. The molecule has 8 heteroatoms. The molecule has 2 heterocycles. The predicted octanol–water partition coefficient (Wildman–Crippen LogP) is 1.62. The number of piperazine rings is 1. The van der Waals surface area contributed by atoms with E-state index in [1.165, 1.54) is 17.3 Å². The van der Waals surface area contributed by atoms with E-state index < -0.39 is 0 Å². The summed E-state index contributed by atoms with van der Waals surface area (Å²) >= 11 is 1.41. The summed E-state index contributed by atoms with van der Waals surface area (Å²) in [7, 11) is 0. The Morgan fingerprint density at radius 3 is 2.52 bits per heavy atom. The van der Waals surface area contributed by atoms with Crippen LogP contribution in [-0.2, 0) is 4.79 Å². The second-order valence-corrected chi connectivity index (χ2v) is 7.54. The molecule has 0 N–H and O–H groups in total. The molecule has 1 aromatic carbocycles. The van der Waals surface area contributed by atoms with Crippen LogP contribution in [-0.4, -0.2) is 73.9 Å². The molecule has 0 radical (unpaired) electrons. The number of tetrazole rings is 1. The van der Waals surface area contributed by atoms with Crippen LogP contribution in [0.25, 0.3) is 5.69 Å². The van der Waals surface area contributed by atoms with Crippen molar-refractivity contribution in [2.24, 2.45) is 0 Å². The average molecular weight is 360 g/mol. The normalized spacial score (nSPS) is 16.8. The molecule has 1 saturated heterocycles. The van der Waals surface area contributed by atoms with Gasteiger partial charge in [0.1, 0.15) is 0 Å². The third-order valence-corrected chi connectivity index (χ3v) is 5.50. The quantitative estimate of drug-likeness (QED) is 0.755. The average Bonchev–Trinajstić information content (AvgIpc) is 3.10. The van der Waals surface area contributed by atoms with E-state index in [-0.39, 0.29) is 11.2 Å².